The van der Waals surface area contributed by atoms with E-state index in [1.807, 2.05) is 6.92 Å². The average Bonchev–Trinajstić information content (AvgIpc) is 2.55. The van der Waals surface area contributed by atoms with Gasteiger partial charge in [-0.05, 0) is 38.6 Å². The van der Waals surface area contributed by atoms with Crippen LogP contribution in [0.3, 0.4) is 0 Å². The molecule has 2 atom stereocenters. The van der Waals surface area contributed by atoms with Crippen molar-refractivity contribution in [3.63, 3.8) is 0 Å². The highest BCUT2D eigenvalue weighted by Crippen LogP contribution is 2.27. The lowest BCUT2D eigenvalue weighted by Crippen LogP contribution is -2.52. The molecule has 0 radical (unpaired) electrons. The van der Waals surface area contributed by atoms with Gasteiger partial charge >= 0.3 is 0 Å². The van der Waals surface area contributed by atoms with Gasteiger partial charge in [-0.25, -0.2) is 0 Å². The van der Waals surface area contributed by atoms with Gasteiger partial charge < -0.3 is 16.4 Å². The standard InChI is InChI=1S/C18H33N3O3/c1-3-7-17(23)20-15(10-11-19)18(24)21-16(13(2)22)12-14-8-5-4-6-9-14/h14-16H,3-12,19H2,1-2H3,(H,20,23)(H,21,24). The monoisotopic (exact) mass is 339 g/mol. The van der Waals surface area contributed by atoms with E-state index in [4.69, 9.17) is 5.73 Å². The third-order valence-corrected chi connectivity index (χ3v) is 4.69. The van der Waals surface area contributed by atoms with Crippen LogP contribution in [0, 0.1) is 5.92 Å². The Kier molecular flexibility index (Phi) is 9.60. The lowest BCUT2D eigenvalue weighted by atomic mass is 9.84. The van der Waals surface area contributed by atoms with Crippen molar-refractivity contribution in [3.8, 4) is 0 Å². The van der Waals surface area contributed by atoms with Crippen LogP contribution in [0.15, 0.2) is 0 Å². The third-order valence-electron chi connectivity index (χ3n) is 4.69. The number of nitrogens with one attached hydrogen (secondary N) is 2. The maximum atomic E-state index is 12.5. The van der Waals surface area contributed by atoms with Gasteiger partial charge in [0.25, 0.3) is 0 Å². The minimum absolute atomic E-state index is 0.0275. The first-order valence-corrected chi connectivity index (χ1v) is 9.28. The second-order valence-electron chi connectivity index (χ2n) is 6.86. The third kappa shape index (κ3) is 7.43. The Morgan fingerprint density at radius 1 is 1.08 bits per heavy atom. The summed E-state index contributed by atoms with van der Waals surface area (Å²) in [6, 6.07) is -1.13. The molecule has 0 aromatic carbocycles. The maximum absolute atomic E-state index is 12.5. The molecule has 0 aromatic heterocycles. The summed E-state index contributed by atoms with van der Waals surface area (Å²) in [5.74, 6) is 0.00886. The smallest absolute Gasteiger partial charge is 0.243 e. The van der Waals surface area contributed by atoms with Crippen molar-refractivity contribution in [3.05, 3.63) is 0 Å². The number of rotatable bonds is 10. The highest BCUT2D eigenvalue weighted by molar-refractivity contribution is 5.92. The first kappa shape index (κ1) is 20.6. The second-order valence-corrected chi connectivity index (χ2v) is 6.86. The normalized spacial score (nSPS) is 17.8. The molecule has 0 spiro atoms. The maximum Gasteiger partial charge on any atom is 0.243 e. The van der Waals surface area contributed by atoms with Crippen LogP contribution in [-0.2, 0) is 14.4 Å². The number of hydrogen-bond acceptors (Lipinski definition) is 4. The van der Waals surface area contributed by atoms with Crippen molar-refractivity contribution >= 4 is 17.6 Å². The van der Waals surface area contributed by atoms with Crippen molar-refractivity contribution in [2.45, 2.75) is 83.7 Å². The molecular formula is C18H33N3O3. The summed E-state index contributed by atoms with van der Waals surface area (Å²) in [6.07, 6.45) is 8.08. The zero-order valence-electron chi connectivity index (χ0n) is 15.1. The molecule has 0 saturated heterocycles. The van der Waals surface area contributed by atoms with Crippen molar-refractivity contribution in [1.82, 2.24) is 10.6 Å². The van der Waals surface area contributed by atoms with E-state index in [2.05, 4.69) is 10.6 Å². The Morgan fingerprint density at radius 2 is 1.75 bits per heavy atom. The fourth-order valence-corrected chi connectivity index (χ4v) is 3.28. The lowest BCUT2D eigenvalue weighted by Gasteiger charge is -2.27. The molecule has 0 aromatic rings. The van der Waals surface area contributed by atoms with E-state index >= 15 is 0 Å². The lowest BCUT2D eigenvalue weighted by molar-refractivity contribution is -0.131. The van der Waals surface area contributed by atoms with E-state index in [1.165, 1.54) is 26.2 Å². The van der Waals surface area contributed by atoms with E-state index < -0.39 is 12.1 Å². The number of amides is 2. The number of nitrogens with two attached hydrogens (primary N) is 1. The quantitative estimate of drug-likeness (QED) is 0.563. The minimum atomic E-state index is -0.665. The predicted octanol–water partition coefficient (Wildman–Crippen LogP) is 1.66. The molecule has 138 valence electrons. The molecule has 6 nitrogen and oxygen atoms in total. The molecule has 0 bridgehead atoms. The van der Waals surface area contributed by atoms with Gasteiger partial charge in [0, 0.05) is 6.42 Å². The van der Waals surface area contributed by atoms with E-state index in [-0.39, 0.29) is 17.6 Å². The Morgan fingerprint density at radius 3 is 2.29 bits per heavy atom. The van der Waals surface area contributed by atoms with Crippen molar-refractivity contribution in [2.75, 3.05) is 6.54 Å². The van der Waals surface area contributed by atoms with E-state index in [0.29, 0.717) is 31.7 Å². The molecule has 2 amide bonds. The van der Waals surface area contributed by atoms with E-state index in [9.17, 15) is 14.4 Å². The van der Waals surface area contributed by atoms with Gasteiger partial charge in [-0.3, -0.25) is 14.4 Å². The average molecular weight is 339 g/mol. The van der Waals surface area contributed by atoms with Gasteiger partial charge in [0.05, 0.1) is 6.04 Å². The van der Waals surface area contributed by atoms with Crippen LogP contribution in [0.5, 0.6) is 0 Å². The molecule has 1 saturated carbocycles. The fourth-order valence-electron chi connectivity index (χ4n) is 3.28. The Balaban J connectivity index is 2.62. The number of ketones is 1. The largest absolute Gasteiger partial charge is 0.345 e. The summed E-state index contributed by atoms with van der Waals surface area (Å²) in [4.78, 5) is 36.2. The summed E-state index contributed by atoms with van der Waals surface area (Å²) in [6.45, 7) is 3.73. The molecular weight excluding hydrogens is 306 g/mol. The van der Waals surface area contributed by atoms with Gasteiger partial charge in [0.15, 0.2) is 5.78 Å². The van der Waals surface area contributed by atoms with Gasteiger partial charge in [-0.15, -0.1) is 0 Å². The minimum Gasteiger partial charge on any atom is -0.345 e. The van der Waals surface area contributed by atoms with Gasteiger partial charge in [-0.1, -0.05) is 39.0 Å². The molecule has 0 heterocycles. The van der Waals surface area contributed by atoms with Crippen molar-refractivity contribution in [2.24, 2.45) is 11.7 Å². The first-order valence-electron chi connectivity index (χ1n) is 9.28. The van der Waals surface area contributed by atoms with Crippen LogP contribution in [0.2, 0.25) is 0 Å². The fraction of sp³-hybridized carbons (Fsp3) is 0.833. The molecule has 1 aliphatic carbocycles. The summed E-state index contributed by atoms with van der Waals surface area (Å²) >= 11 is 0. The number of carbonyl (C=O) groups is 3. The van der Waals surface area contributed by atoms with Crippen molar-refractivity contribution < 1.29 is 14.4 Å². The molecule has 6 heteroatoms. The van der Waals surface area contributed by atoms with Crippen molar-refractivity contribution in [1.29, 1.82) is 0 Å². The highest BCUT2D eigenvalue weighted by Gasteiger charge is 2.27. The van der Waals surface area contributed by atoms with Gasteiger partial charge in [0.2, 0.25) is 11.8 Å². The molecule has 1 rings (SSSR count). The summed E-state index contributed by atoms with van der Waals surface area (Å²) < 4.78 is 0. The van der Waals surface area contributed by atoms with E-state index in [1.54, 1.807) is 0 Å². The predicted molar refractivity (Wildman–Crippen MR) is 94.3 cm³/mol. The zero-order valence-corrected chi connectivity index (χ0v) is 15.1. The summed E-state index contributed by atoms with van der Waals surface area (Å²) in [7, 11) is 0. The molecule has 0 aliphatic heterocycles. The Hall–Kier alpha value is -1.43. The number of Topliss-reactive ketones (excluding diaryl/α,β-unsaturated/α-hetero) is 1. The van der Waals surface area contributed by atoms with Crippen LogP contribution in [0.4, 0.5) is 0 Å². The highest BCUT2D eigenvalue weighted by atomic mass is 16.2. The Bertz CT molecular complexity index is 420. The van der Waals surface area contributed by atoms with Crippen LogP contribution in [0.1, 0.15) is 71.6 Å². The zero-order chi connectivity index (χ0) is 17.9. The molecule has 2 unspecified atom stereocenters. The van der Waals surface area contributed by atoms with Gasteiger partial charge in [0.1, 0.15) is 6.04 Å². The molecule has 1 fully saturated rings. The number of carbonyl (C=O) groups excluding carboxylic acids is 3. The first-order chi connectivity index (χ1) is 11.5. The topological polar surface area (TPSA) is 101 Å². The summed E-state index contributed by atoms with van der Waals surface area (Å²) in [5.41, 5.74) is 5.56. The van der Waals surface area contributed by atoms with Crippen LogP contribution in [-0.4, -0.2) is 36.2 Å². The summed E-state index contributed by atoms with van der Waals surface area (Å²) in [5, 5.41) is 5.56. The molecule has 1 aliphatic rings. The SMILES string of the molecule is CCCC(=O)NC(CCN)C(=O)NC(CC1CCCCC1)C(C)=O. The van der Waals surface area contributed by atoms with E-state index in [0.717, 1.165) is 19.3 Å². The number of hydrogen-bond donors (Lipinski definition) is 3. The van der Waals surface area contributed by atoms with Gasteiger partial charge in [-0.2, -0.15) is 0 Å². The van der Waals surface area contributed by atoms with Crippen LogP contribution in [0.25, 0.3) is 0 Å². The van der Waals surface area contributed by atoms with Crippen LogP contribution >= 0.6 is 0 Å². The second kappa shape index (κ2) is 11.2. The van der Waals surface area contributed by atoms with Crippen LogP contribution < -0.4 is 16.4 Å². The Labute approximate surface area is 145 Å². The molecule has 4 N–H and O–H groups in total. The molecule has 24 heavy (non-hydrogen) atoms.